The van der Waals surface area contributed by atoms with Crippen LogP contribution in [0.2, 0.25) is 0 Å². The fourth-order valence-electron chi connectivity index (χ4n) is 6.03. The molecule has 0 aliphatic rings. The van der Waals surface area contributed by atoms with E-state index in [0.717, 1.165) is 17.8 Å². The number of anilines is 1. The standard InChI is InChI=1S/C41H46N6O6S/c1-5-11-38-44-35(6-2)39(36(48)20-24-46(33-13-10-23-43-27-33)40(49)32-12-9-22-42-26-32)47(38)28-30-16-18-31(19-17-30)34-14-7-8-15-37(34)54(51,52)45-41(50)53-25-21-29(3)4/h7-10,12-19,22-23,26-27,29H,5-6,11,20-21,24-25,28H2,1-4H3,(H,45,50). The number of benzene rings is 2. The molecule has 3 heterocycles. The molecule has 0 radical (unpaired) electrons. The molecule has 0 atom stereocenters. The molecule has 0 bridgehead atoms. The maximum Gasteiger partial charge on any atom is 0.421 e. The summed E-state index contributed by atoms with van der Waals surface area (Å²) in [5.41, 5.74) is 4.10. The number of aryl methyl sites for hydroxylation is 2. The first-order chi connectivity index (χ1) is 26.0. The monoisotopic (exact) mass is 750 g/mol. The number of Topliss-reactive ketones (excluding diaryl/α,β-unsaturated/α-hetero) is 1. The van der Waals surface area contributed by atoms with Gasteiger partial charge in [-0.2, -0.15) is 0 Å². The van der Waals surface area contributed by atoms with E-state index in [9.17, 15) is 22.8 Å². The van der Waals surface area contributed by atoms with Gasteiger partial charge in [-0.05, 0) is 66.6 Å². The molecule has 2 aromatic carbocycles. The SMILES string of the molecule is CCCc1nc(CC)c(C(=O)CCN(C(=O)c2cccnc2)c2cccnc2)n1Cc1ccc(-c2ccccc2S(=O)(=O)NC(=O)OCCC(C)C)cc1. The molecular weight excluding hydrogens is 705 g/mol. The molecule has 13 heteroatoms. The lowest BCUT2D eigenvalue weighted by molar-refractivity contribution is 0.0961. The van der Waals surface area contributed by atoms with Gasteiger partial charge < -0.3 is 14.2 Å². The minimum Gasteiger partial charge on any atom is -0.449 e. The van der Waals surface area contributed by atoms with Crippen molar-refractivity contribution in [3.8, 4) is 11.1 Å². The van der Waals surface area contributed by atoms with Crippen molar-refractivity contribution in [2.75, 3.05) is 18.1 Å². The number of hydrogen-bond acceptors (Lipinski definition) is 9. The first kappa shape index (κ1) is 39.5. The van der Waals surface area contributed by atoms with E-state index in [2.05, 4.69) is 16.9 Å². The highest BCUT2D eigenvalue weighted by Crippen LogP contribution is 2.28. The molecule has 0 aliphatic carbocycles. The highest BCUT2D eigenvalue weighted by molar-refractivity contribution is 7.90. The summed E-state index contributed by atoms with van der Waals surface area (Å²) in [4.78, 5) is 54.7. The van der Waals surface area contributed by atoms with Gasteiger partial charge in [0.2, 0.25) is 0 Å². The van der Waals surface area contributed by atoms with Crippen molar-refractivity contribution in [3.05, 3.63) is 126 Å². The number of amides is 2. The summed E-state index contributed by atoms with van der Waals surface area (Å²) < 4.78 is 35.6. The minimum atomic E-state index is -4.23. The van der Waals surface area contributed by atoms with E-state index < -0.39 is 16.1 Å². The largest absolute Gasteiger partial charge is 0.449 e. The van der Waals surface area contributed by atoms with Gasteiger partial charge in [-0.3, -0.25) is 19.6 Å². The van der Waals surface area contributed by atoms with Gasteiger partial charge in [0.1, 0.15) is 11.5 Å². The fraction of sp³-hybridized carbons (Fsp3) is 0.317. The maximum atomic E-state index is 14.2. The zero-order valence-corrected chi connectivity index (χ0v) is 31.9. The van der Waals surface area contributed by atoms with Crippen molar-refractivity contribution in [1.82, 2.24) is 24.2 Å². The normalized spacial score (nSPS) is 11.4. The molecule has 0 saturated heterocycles. The average molecular weight is 751 g/mol. The van der Waals surface area contributed by atoms with Gasteiger partial charge in [-0.1, -0.05) is 70.2 Å². The average Bonchev–Trinajstić information content (AvgIpc) is 3.52. The topological polar surface area (TPSA) is 153 Å². The Hall–Kier alpha value is -5.69. The molecular formula is C41H46N6O6S. The van der Waals surface area contributed by atoms with Crippen LogP contribution < -0.4 is 9.62 Å². The second-order valence-corrected chi connectivity index (χ2v) is 14.9. The molecule has 2 amide bonds. The number of hydrogen-bond donors (Lipinski definition) is 1. The van der Waals surface area contributed by atoms with Crippen LogP contribution in [0.5, 0.6) is 0 Å². The molecule has 54 heavy (non-hydrogen) atoms. The number of ether oxygens (including phenoxy) is 1. The number of nitrogens with one attached hydrogen (secondary N) is 1. The Balaban J connectivity index is 1.39. The molecule has 5 aromatic rings. The molecule has 5 rings (SSSR count). The number of ketones is 1. The van der Waals surface area contributed by atoms with Crippen LogP contribution in [0.15, 0.2) is 102 Å². The molecule has 3 aromatic heterocycles. The summed E-state index contributed by atoms with van der Waals surface area (Å²) in [6.07, 6.45) is 8.00. The van der Waals surface area contributed by atoms with Crippen LogP contribution >= 0.6 is 0 Å². The number of nitrogens with zero attached hydrogens (tertiary/aromatic N) is 5. The quantitative estimate of drug-likeness (QED) is 0.0966. The van der Waals surface area contributed by atoms with Gasteiger partial charge in [-0.25, -0.2) is 22.9 Å². The van der Waals surface area contributed by atoms with E-state index in [4.69, 9.17) is 9.72 Å². The molecule has 1 N–H and O–H groups in total. The predicted molar refractivity (Wildman–Crippen MR) is 207 cm³/mol. The van der Waals surface area contributed by atoms with Crippen LogP contribution in [-0.2, 0) is 34.1 Å². The third-order valence-electron chi connectivity index (χ3n) is 8.79. The van der Waals surface area contributed by atoms with Crippen molar-refractivity contribution in [2.24, 2.45) is 5.92 Å². The number of imidazole rings is 1. The lowest BCUT2D eigenvalue weighted by Crippen LogP contribution is -2.33. The zero-order valence-electron chi connectivity index (χ0n) is 31.1. The third kappa shape index (κ3) is 9.84. The number of aromatic nitrogens is 4. The molecule has 0 unspecified atom stereocenters. The van der Waals surface area contributed by atoms with Gasteiger partial charge in [0.15, 0.2) is 5.78 Å². The van der Waals surface area contributed by atoms with Crippen molar-refractivity contribution in [1.29, 1.82) is 0 Å². The Kier molecular flexibility index (Phi) is 13.4. The molecule has 0 fully saturated rings. The highest BCUT2D eigenvalue weighted by atomic mass is 32.2. The number of carbonyl (C=O) groups is 3. The molecule has 12 nitrogen and oxygen atoms in total. The molecule has 0 aliphatic heterocycles. The van der Waals surface area contributed by atoms with E-state index >= 15 is 0 Å². The molecule has 0 saturated carbocycles. The van der Waals surface area contributed by atoms with Crippen LogP contribution in [0, 0.1) is 5.92 Å². The van der Waals surface area contributed by atoms with Gasteiger partial charge in [0.25, 0.3) is 15.9 Å². The Morgan fingerprint density at radius 1 is 0.907 bits per heavy atom. The highest BCUT2D eigenvalue weighted by Gasteiger charge is 2.26. The van der Waals surface area contributed by atoms with Crippen molar-refractivity contribution < 1.29 is 27.5 Å². The van der Waals surface area contributed by atoms with E-state index in [-0.39, 0.29) is 36.2 Å². The summed E-state index contributed by atoms with van der Waals surface area (Å²) in [5.74, 6) is 0.669. The Morgan fingerprint density at radius 2 is 1.63 bits per heavy atom. The second kappa shape index (κ2) is 18.4. The van der Waals surface area contributed by atoms with Gasteiger partial charge in [0.05, 0.1) is 34.6 Å². The van der Waals surface area contributed by atoms with E-state index in [1.54, 1.807) is 66.0 Å². The first-order valence-corrected chi connectivity index (χ1v) is 19.6. The maximum absolute atomic E-state index is 14.2. The molecule has 0 spiro atoms. The summed E-state index contributed by atoms with van der Waals surface area (Å²) >= 11 is 0. The minimum absolute atomic E-state index is 0.0503. The lowest BCUT2D eigenvalue weighted by Gasteiger charge is -2.22. The van der Waals surface area contributed by atoms with Crippen LogP contribution in [0.25, 0.3) is 11.1 Å². The number of carbonyl (C=O) groups excluding carboxylic acids is 3. The van der Waals surface area contributed by atoms with Crippen molar-refractivity contribution in [2.45, 2.75) is 71.2 Å². The smallest absolute Gasteiger partial charge is 0.421 e. The Morgan fingerprint density at radius 3 is 2.28 bits per heavy atom. The number of sulfonamides is 1. The summed E-state index contributed by atoms with van der Waals surface area (Å²) in [6.45, 7) is 8.58. The second-order valence-electron chi connectivity index (χ2n) is 13.2. The van der Waals surface area contributed by atoms with Crippen LogP contribution in [0.4, 0.5) is 10.5 Å². The summed E-state index contributed by atoms with van der Waals surface area (Å²) in [5, 5.41) is 0. The third-order valence-corrected chi connectivity index (χ3v) is 10.2. The van der Waals surface area contributed by atoms with Gasteiger partial charge in [-0.15, -0.1) is 0 Å². The van der Waals surface area contributed by atoms with Crippen LogP contribution in [0.3, 0.4) is 0 Å². The zero-order chi connectivity index (χ0) is 38.7. The summed E-state index contributed by atoms with van der Waals surface area (Å²) in [7, 11) is -4.23. The number of rotatable bonds is 17. The fourth-order valence-corrected chi connectivity index (χ4v) is 7.15. The van der Waals surface area contributed by atoms with E-state index in [1.165, 1.54) is 12.3 Å². The van der Waals surface area contributed by atoms with E-state index in [0.29, 0.717) is 65.5 Å². The Bertz CT molecular complexity index is 2150. The lowest BCUT2D eigenvalue weighted by atomic mass is 10.0. The van der Waals surface area contributed by atoms with E-state index in [1.807, 2.05) is 54.3 Å². The van der Waals surface area contributed by atoms with Gasteiger partial charge >= 0.3 is 6.09 Å². The predicted octanol–water partition coefficient (Wildman–Crippen LogP) is 7.28. The van der Waals surface area contributed by atoms with Crippen LogP contribution in [-0.4, -0.2) is 58.9 Å². The van der Waals surface area contributed by atoms with Crippen LogP contribution in [0.1, 0.15) is 84.9 Å². The summed E-state index contributed by atoms with van der Waals surface area (Å²) in [6, 6.07) is 20.8. The van der Waals surface area contributed by atoms with Crippen molar-refractivity contribution >= 4 is 33.5 Å². The van der Waals surface area contributed by atoms with Gasteiger partial charge in [0, 0.05) is 50.1 Å². The van der Waals surface area contributed by atoms with Crippen molar-refractivity contribution in [3.63, 3.8) is 0 Å². The Labute approximate surface area is 316 Å². The first-order valence-electron chi connectivity index (χ1n) is 18.1. The number of pyridine rings is 2. The molecule has 282 valence electrons.